The Hall–Kier alpha value is -1.02. The van der Waals surface area contributed by atoms with Crippen LogP contribution in [0.3, 0.4) is 0 Å². The number of hydrogen-bond acceptors (Lipinski definition) is 2. The van der Waals surface area contributed by atoms with Crippen LogP contribution in [0.1, 0.15) is 32.8 Å². The summed E-state index contributed by atoms with van der Waals surface area (Å²) in [6.45, 7) is 11.6. The van der Waals surface area contributed by atoms with Gasteiger partial charge in [0.1, 0.15) is 0 Å². The SMILES string of the molecule is CCC(C)(C)Cc1cccc(N2CCN(C)CC2)c1. The van der Waals surface area contributed by atoms with Crippen LogP contribution in [0.4, 0.5) is 5.69 Å². The number of hydrogen-bond donors (Lipinski definition) is 0. The summed E-state index contributed by atoms with van der Waals surface area (Å²) < 4.78 is 0. The van der Waals surface area contributed by atoms with E-state index in [1.54, 1.807) is 0 Å². The van der Waals surface area contributed by atoms with Crippen molar-refractivity contribution >= 4 is 5.69 Å². The predicted molar refractivity (Wildman–Crippen MR) is 83.9 cm³/mol. The van der Waals surface area contributed by atoms with Crippen molar-refractivity contribution in [2.24, 2.45) is 5.41 Å². The lowest BCUT2D eigenvalue weighted by Crippen LogP contribution is -2.44. The highest BCUT2D eigenvalue weighted by Crippen LogP contribution is 2.27. The molecule has 19 heavy (non-hydrogen) atoms. The molecule has 0 bridgehead atoms. The topological polar surface area (TPSA) is 6.48 Å². The van der Waals surface area contributed by atoms with Gasteiger partial charge in [0, 0.05) is 31.9 Å². The lowest BCUT2D eigenvalue weighted by Gasteiger charge is -2.34. The van der Waals surface area contributed by atoms with E-state index in [0.29, 0.717) is 5.41 Å². The Labute approximate surface area is 118 Å². The number of benzene rings is 1. The van der Waals surface area contributed by atoms with Crippen LogP contribution in [-0.4, -0.2) is 38.1 Å². The van der Waals surface area contributed by atoms with Gasteiger partial charge in [-0.3, -0.25) is 0 Å². The van der Waals surface area contributed by atoms with Crippen molar-refractivity contribution in [3.05, 3.63) is 29.8 Å². The van der Waals surface area contributed by atoms with E-state index in [2.05, 4.69) is 61.9 Å². The van der Waals surface area contributed by atoms with Crippen LogP contribution in [0.5, 0.6) is 0 Å². The first-order valence-electron chi connectivity index (χ1n) is 7.52. The van der Waals surface area contributed by atoms with Crippen molar-refractivity contribution in [2.45, 2.75) is 33.6 Å². The summed E-state index contributed by atoms with van der Waals surface area (Å²) in [5.74, 6) is 0. The van der Waals surface area contributed by atoms with Gasteiger partial charge >= 0.3 is 0 Å². The van der Waals surface area contributed by atoms with Crippen LogP contribution in [0, 0.1) is 5.41 Å². The molecule has 1 aliphatic heterocycles. The molecule has 0 radical (unpaired) electrons. The van der Waals surface area contributed by atoms with Gasteiger partial charge in [0.25, 0.3) is 0 Å². The van der Waals surface area contributed by atoms with Gasteiger partial charge in [-0.05, 0) is 36.6 Å². The van der Waals surface area contributed by atoms with Crippen LogP contribution < -0.4 is 4.90 Å². The highest BCUT2D eigenvalue weighted by Gasteiger charge is 2.18. The largest absolute Gasteiger partial charge is 0.369 e. The molecule has 0 aromatic heterocycles. The molecule has 1 saturated heterocycles. The fourth-order valence-electron chi connectivity index (χ4n) is 2.61. The van der Waals surface area contributed by atoms with Gasteiger partial charge < -0.3 is 9.80 Å². The fourth-order valence-corrected chi connectivity index (χ4v) is 2.61. The standard InChI is InChI=1S/C17H28N2/c1-5-17(2,3)14-15-7-6-8-16(13-15)19-11-9-18(4)10-12-19/h6-8,13H,5,9-12,14H2,1-4H3. The summed E-state index contributed by atoms with van der Waals surface area (Å²) >= 11 is 0. The number of nitrogens with zero attached hydrogens (tertiary/aromatic N) is 2. The van der Waals surface area contributed by atoms with E-state index in [4.69, 9.17) is 0 Å². The van der Waals surface area contributed by atoms with Crippen molar-refractivity contribution in [2.75, 3.05) is 38.1 Å². The van der Waals surface area contributed by atoms with E-state index in [1.807, 2.05) is 0 Å². The molecular formula is C17H28N2. The Kier molecular flexibility index (Phi) is 4.51. The van der Waals surface area contributed by atoms with Gasteiger partial charge in [-0.1, -0.05) is 39.3 Å². The van der Waals surface area contributed by atoms with E-state index in [0.717, 1.165) is 13.1 Å². The van der Waals surface area contributed by atoms with Crippen molar-refractivity contribution in [3.63, 3.8) is 0 Å². The quantitative estimate of drug-likeness (QED) is 0.818. The fraction of sp³-hybridized carbons (Fsp3) is 0.647. The molecule has 1 heterocycles. The Morgan fingerprint density at radius 2 is 1.79 bits per heavy atom. The first kappa shape index (κ1) is 14.4. The van der Waals surface area contributed by atoms with Crippen LogP contribution in [0.25, 0.3) is 0 Å². The van der Waals surface area contributed by atoms with Crippen molar-refractivity contribution in [3.8, 4) is 0 Å². The zero-order chi connectivity index (χ0) is 13.9. The van der Waals surface area contributed by atoms with Gasteiger partial charge in [0.2, 0.25) is 0 Å². The molecule has 0 N–H and O–H groups in total. The zero-order valence-corrected chi connectivity index (χ0v) is 12.9. The second-order valence-electron chi connectivity index (χ2n) is 6.65. The van der Waals surface area contributed by atoms with Crippen LogP contribution in [-0.2, 0) is 6.42 Å². The van der Waals surface area contributed by atoms with Gasteiger partial charge in [-0.25, -0.2) is 0 Å². The first-order valence-corrected chi connectivity index (χ1v) is 7.52. The zero-order valence-electron chi connectivity index (χ0n) is 12.9. The first-order chi connectivity index (χ1) is 9.00. The van der Waals surface area contributed by atoms with E-state index in [1.165, 1.54) is 37.2 Å². The number of likely N-dealkylation sites (N-methyl/N-ethyl adjacent to an activating group) is 1. The summed E-state index contributed by atoms with van der Waals surface area (Å²) in [4.78, 5) is 4.92. The molecule has 0 spiro atoms. The molecular weight excluding hydrogens is 232 g/mol. The smallest absolute Gasteiger partial charge is 0.0369 e. The monoisotopic (exact) mass is 260 g/mol. The maximum Gasteiger partial charge on any atom is 0.0369 e. The van der Waals surface area contributed by atoms with Crippen molar-refractivity contribution in [1.82, 2.24) is 4.90 Å². The summed E-state index contributed by atoms with van der Waals surface area (Å²) in [5, 5.41) is 0. The molecule has 106 valence electrons. The van der Waals surface area contributed by atoms with E-state index in [9.17, 15) is 0 Å². The molecule has 0 aliphatic carbocycles. The molecule has 0 amide bonds. The number of rotatable bonds is 4. The van der Waals surface area contributed by atoms with Crippen molar-refractivity contribution < 1.29 is 0 Å². The minimum atomic E-state index is 0.404. The maximum absolute atomic E-state index is 2.52. The molecule has 2 nitrogen and oxygen atoms in total. The molecule has 1 fully saturated rings. The minimum Gasteiger partial charge on any atom is -0.369 e. The van der Waals surface area contributed by atoms with Crippen LogP contribution in [0.2, 0.25) is 0 Å². The molecule has 1 aliphatic rings. The third-order valence-electron chi connectivity index (χ3n) is 4.42. The summed E-state index contributed by atoms with van der Waals surface area (Å²) in [5.41, 5.74) is 3.28. The van der Waals surface area contributed by atoms with Crippen LogP contribution >= 0.6 is 0 Å². The van der Waals surface area contributed by atoms with Crippen LogP contribution in [0.15, 0.2) is 24.3 Å². The van der Waals surface area contributed by atoms with Gasteiger partial charge in [-0.15, -0.1) is 0 Å². The normalized spacial score (nSPS) is 17.8. The summed E-state index contributed by atoms with van der Waals surface area (Å²) in [6.07, 6.45) is 2.40. The molecule has 2 rings (SSSR count). The average Bonchev–Trinajstić information content (AvgIpc) is 2.39. The summed E-state index contributed by atoms with van der Waals surface area (Å²) in [7, 11) is 2.21. The van der Waals surface area contributed by atoms with E-state index in [-0.39, 0.29) is 0 Å². The average molecular weight is 260 g/mol. The minimum absolute atomic E-state index is 0.404. The lowest BCUT2D eigenvalue weighted by atomic mass is 9.83. The molecule has 1 aromatic carbocycles. The highest BCUT2D eigenvalue weighted by molar-refractivity contribution is 5.49. The molecule has 2 heteroatoms. The second-order valence-corrected chi connectivity index (χ2v) is 6.65. The number of piperazine rings is 1. The molecule has 0 unspecified atom stereocenters. The summed E-state index contributed by atoms with van der Waals surface area (Å²) in [6, 6.07) is 9.14. The molecule has 0 atom stereocenters. The lowest BCUT2D eigenvalue weighted by molar-refractivity contribution is 0.312. The maximum atomic E-state index is 2.52. The Balaban J connectivity index is 2.07. The van der Waals surface area contributed by atoms with Crippen molar-refractivity contribution in [1.29, 1.82) is 0 Å². The Bertz CT molecular complexity index is 403. The molecule has 1 aromatic rings. The van der Waals surface area contributed by atoms with E-state index >= 15 is 0 Å². The Morgan fingerprint density at radius 3 is 2.42 bits per heavy atom. The number of anilines is 1. The Morgan fingerprint density at radius 1 is 1.11 bits per heavy atom. The molecule has 0 saturated carbocycles. The van der Waals surface area contributed by atoms with Gasteiger partial charge in [0.05, 0.1) is 0 Å². The third-order valence-corrected chi connectivity index (χ3v) is 4.42. The van der Waals surface area contributed by atoms with Gasteiger partial charge in [0.15, 0.2) is 0 Å². The second kappa shape index (κ2) is 5.96. The van der Waals surface area contributed by atoms with Gasteiger partial charge in [-0.2, -0.15) is 0 Å². The van der Waals surface area contributed by atoms with E-state index < -0.39 is 0 Å². The third kappa shape index (κ3) is 3.97. The predicted octanol–water partition coefficient (Wildman–Crippen LogP) is 3.42. The highest BCUT2D eigenvalue weighted by atomic mass is 15.2.